The van der Waals surface area contributed by atoms with E-state index in [1.54, 1.807) is 36.4 Å². The number of benzene rings is 2. The Morgan fingerprint density at radius 2 is 1.57 bits per heavy atom. The van der Waals surface area contributed by atoms with Crippen LogP contribution in [0.25, 0.3) is 0 Å². The fourth-order valence-electron chi connectivity index (χ4n) is 2.01. The predicted octanol–water partition coefficient (Wildman–Crippen LogP) is 3.19. The van der Waals surface area contributed by atoms with Crippen molar-refractivity contribution in [3.8, 4) is 0 Å². The topological polar surface area (TPSA) is 49.3 Å². The van der Waals surface area contributed by atoms with E-state index in [1.807, 2.05) is 0 Å². The molecule has 3 nitrogen and oxygen atoms in total. The third-order valence-corrected chi connectivity index (χ3v) is 3.10. The van der Waals surface area contributed by atoms with Crippen LogP contribution in [0.15, 0.2) is 60.7 Å². The van der Waals surface area contributed by atoms with Gasteiger partial charge in [-0.3, -0.25) is 10.1 Å². The molecule has 2 rings (SSSR count). The first kappa shape index (κ1) is 15.1. The molecule has 0 saturated heterocycles. The predicted molar refractivity (Wildman–Crippen MR) is 75.2 cm³/mol. The molecule has 0 heterocycles. The molecule has 0 aliphatic carbocycles. The van der Waals surface area contributed by atoms with E-state index < -0.39 is 24.5 Å². The standard InChI is InChI=1S/C16H15F2NO2/c17-16(18,13-9-5-2-6-10-13)11-19-14(15(20)21)12-7-3-1-4-8-12/h1-10,14,19H,11H2,(H,20,21). The molecule has 2 aromatic carbocycles. The lowest BCUT2D eigenvalue weighted by Crippen LogP contribution is -2.36. The van der Waals surface area contributed by atoms with Crippen LogP contribution in [0, 0.1) is 0 Å². The number of alkyl halides is 2. The van der Waals surface area contributed by atoms with Gasteiger partial charge in [-0.2, -0.15) is 8.78 Å². The molecular weight excluding hydrogens is 276 g/mol. The van der Waals surface area contributed by atoms with Gasteiger partial charge in [0.15, 0.2) is 0 Å². The third kappa shape index (κ3) is 3.86. The van der Waals surface area contributed by atoms with Crippen molar-refractivity contribution in [3.05, 3.63) is 71.8 Å². The van der Waals surface area contributed by atoms with Crippen LogP contribution in [0.1, 0.15) is 17.2 Å². The Balaban J connectivity index is 2.11. The Kier molecular flexibility index (Phi) is 4.65. The van der Waals surface area contributed by atoms with Gasteiger partial charge in [-0.05, 0) is 5.56 Å². The van der Waals surface area contributed by atoms with Gasteiger partial charge in [0, 0.05) is 5.56 Å². The number of nitrogens with one attached hydrogen (secondary N) is 1. The fourth-order valence-corrected chi connectivity index (χ4v) is 2.01. The molecule has 0 bridgehead atoms. The van der Waals surface area contributed by atoms with Gasteiger partial charge in [0.05, 0.1) is 6.54 Å². The highest BCUT2D eigenvalue weighted by molar-refractivity contribution is 5.75. The lowest BCUT2D eigenvalue weighted by atomic mass is 10.1. The van der Waals surface area contributed by atoms with Crippen molar-refractivity contribution in [2.24, 2.45) is 0 Å². The van der Waals surface area contributed by atoms with Crippen LogP contribution in [0.3, 0.4) is 0 Å². The highest BCUT2D eigenvalue weighted by Crippen LogP contribution is 2.27. The maximum Gasteiger partial charge on any atom is 0.325 e. The minimum Gasteiger partial charge on any atom is -0.480 e. The quantitative estimate of drug-likeness (QED) is 0.859. The van der Waals surface area contributed by atoms with E-state index in [9.17, 15) is 18.7 Å². The van der Waals surface area contributed by atoms with Gasteiger partial charge in [0.2, 0.25) is 0 Å². The van der Waals surface area contributed by atoms with Gasteiger partial charge in [-0.15, -0.1) is 0 Å². The van der Waals surface area contributed by atoms with Crippen LogP contribution in [0.2, 0.25) is 0 Å². The Labute approximate surface area is 121 Å². The molecule has 5 heteroatoms. The molecule has 2 aromatic rings. The first-order valence-electron chi connectivity index (χ1n) is 6.45. The van der Waals surface area contributed by atoms with E-state index in [0.717, 1.165) is 0 Å². The highest BCUT2D eigenvalue weighted by atomic mass is 19.3. The zero-order valence-corrected chi connectivity index (χ0v) is 11.2. The summed E-state index contributed by atoms with van der Waals surface area (Å²) in [6.45, 7) is -0.747. The number of halogens is 2. The van der Waals surface area contributed by atoms with Gasteiger partial charge < -0.3 is 5.11 Å². The number of carbonyl (C=O) groups is 1. The summed E-state index contributed by atoms with van der Waals surface area (Å²) in [6.07, 6.45) is 0. The van der Waals surface area contributed by atoms with Gasteiger partial charge in [0.1, 0.15) is 6.04 Å². The van der Waals surface area contributed by atoms with Crippen molar-refractivity contribution in [2.45, 2.75) is 12.0 Å². The number of hydrogen-bond acceptors (Lipinski definition) is 2. The summed E-state index contributed by atoms with van der Waals surface area (Å²) in [4.78, 5) is 11.2. The van der Waals surface area contributed by atoms with Crippen molar-refractivity contribution in [3.63, 3.8) is 0 Å². The first-order valence-corrected chi connectivity index (χ1v) is 6.45. The van der Waals surface area contributed by atoms with Crippen LogP contribution in [0.5, 0.6) is 0 Å². The summed E-state index contributed by atoms with van der Waals surface area (Å²) in [5.41, 5.74) is 0.295. The third-order valence-electron chi connectivity index (χ3n) is 3.10. The highest BCUT2D eigenvalue weighted by Gasteiger charge is 2.33. The molecule has 0 radical (unpaired) electrons. The average Bonchev–Trinajstić information content (AvgIpc) is 2.49. The molecule has 0 aromatic heterocycles. The Bertz CT molecular complexity index is 588. The monoisotopic (exact) mass is 291 g/mol. The summed E-state index contributed by atoms with van der Waals surface area (Å²) < 4.78 is 28.1. The number of hydrogen-bond donors (Lipinski definition) is 2. The second-order valence-corrected chi connectivity index (χ2v) is 4.63. The summed E-state index contributed by atoms with van der Waals surface area (Å²) in [7, 11) is 0. The van der Waals surface area contributed by atoms with E-state index in [2.05, 4.69) is 5.32 Å². The molecule has 1 atom stereocenters. The lowest BCUT2D eigenvalue weighted by Gasteiger charge is -2.21. The van der Waals surface area contributed by atoms with Crippen molar-refractivity contribution in [1.82, 2.24) is 5.32 Å². The molecule has 0 saturated carbocycles. The summed E-state index contributed by atoms with van der Waals surface area (Å²) in [5, 5.41) is 11.6. The zero-order valence-electron chi connectivity index (χ0n) is 11.2. The maximum absolute atomic E-state index is 14.0. The van der Waals surface area contributed by atoms with Crippen molar-refractivity contribution in [1.29, 1.82) is 0 Å². The van der Waals surface area contributed by atoms with Gasteiger partial charge in [-0.25, -0.2) is 0 Å². The smallest absolute Gasteiger partial charge is 0.325 e. The summed E-state index contributed by atoms with van der Waals surface area (Å²) in [5.74, 6) is -4.32. The second kappa shape index (κ2) is 6.45. The fraction of sp³-hybridized carbons (Fsp3) is 0.188. The SMILES string of the molecule is O=C(O)C(NCC(F)(F)c1ccccc1)c1ccccc1. The maximum atomic E-state index is 14.0. The van der Waals surface area contributed by atoms with Crippen LogP contribution in [-0.4, -0.2) is 17.6 Å². The largest absolute Gasteiger partial charge is 0.480 e. The Morgan fingerprint density at radius 1 is 1.05 bits per heavy atom. The van der Waals surface area contributed by atoms with Gasteiger partial charge >= 0.3 is 5.97 Å². The van der Waals surface area contributed by atoms with Crippen LogP contribution in [0.4, 0.5) is 8.78 Å². The van der Waals surface area contributed by atoms with Crippen LogP contribution in [-0.2, 0) is 10.7 Å². The molecule has 0 spiro atoms. The minimum absolute atomic E-state index is 0.144. The number of aliphatic carboxylic acids is 1. The molecule has 110 valence electrons. The normalized spacial score (nSPS) is 12.9. The van der Waals surface area contributed by atoms with Crippen molar-refractivity contribution >= 4 is 5.97 Å². The van der Waals surface area contributed by atoms with E-state index in [0.29, 0.717) is 5.56 Å². The minimum atomic E-state index is -3.14. The van der Waals surface area contributed by atoms with E-state index in [1.165, 1.54) is 24.3 Å². The summed E-state index contributed by atoms with van der Waals surface area (Å²) in [6, 6.07) is 14.4. The summed E-state index contributed by atoms with van der Waals surface area (Å²) >= 11 is 0. The molecule has 0 aliphatic rings. The first-order chi connectivity index (χ1) is 10.0. The number of carboxylic acids is 1. The number of rotatable bonds is 6. The van der Waals surface area contributed by atoms with Gasteiger partial charge in [0.25, 0.3) is 5.92 Å². The van der Waals surface area contributed by atoms with E-state index >= 15 is 0 Å². The van der Waals surface area contributed by atoms with Gasteiger partial charge in [-0.1, -0.05) is 60.7 Å². The lowest BCUT2D eigenvalue weighted by molar-refractivity contribution is -0.140. The Morgan fingerprint density at radius 3 is 2.10 bits per heavy atom. The second-order valence-electron chi connectivity index (χ2n) is 4.63. The molecule has 21 heavy (non-hydrogen) atoms. The molecule has 0 fully saturated rings. The molecule has 1 unspecified atom stereocenters. The van der Waals surface area contributed by atoms with Crippen molar-refractivity contribution < 1.29 is 18.7 Å². The molecule has 0 amide bonds. The van der Waals surface area contributed by atoms with Crippen LogP contribution < -0.4 is 5.32 Å². The van der Waals surface area contributed by atoms with E-state index in [-0.39, 0.29) is 5.56 Å². The Hall–Kier alpha value is -2.27. The van der Waals surface area contributed by atoms with E-state index in [4.69, 9.17) is 0 Å². The number of carboxylic acid groups (broad SMARTS) is 1. The van der Waals surface area contributed by atoms with Crippen LogP contribution >= 0.6 is 0 Å². The zero-order chi connectivity index (χ0) is 15.3. The molecule has 0 aliphatic heterocycles. The molecule has 2 N–H and O–H groups in total. The van der Waals surface area contributed by atoms with Crippen molar-refractivity contribution in [2.75, 3.05) is 6.54 Å². The average molecular weight is 291 g/mol. The molecular formula is C16H15F2NO2.